The fraction of sp³-hybridized carbons (Fsp3) is 0.375. The molecule has 0 unspecified atom stereocenters. The van der Waals surface area contributed by atoms with Gasteiger partial charge in [0.1, 0.15) is 17.4 Å². The van der Waals surface area contributed by atoms with E-state index in [1.165, 1.54) is 12.1 Å². The van der Waals surface area contributed by atoms with Gasteiger partial charge in [0, 0.05) is 0 Å². The molecule has 0 radical (unpaired) electrons. The van der Waals surface area contributed by atoms with Gasteiger partial charge in [0.15, 0.2) is 0 Å². The Hall–Kier alpha value is -1.75. The van der Waals surface area contributed by atoms with Gasteiger partial charge in [0.2, 0.25) is 0 Å². The predicted octanol–water partition coefficient (Wildman–Crippen LogP) is 4.58. The van der Waals surface area contributed by atoms with E-state index in [1.807, 2.05) is 26.8 Å². The van der Waals surface area contributed by atoms with Crippen LogP contribution in [0.15, 0.2) is 36.4 Å². The molecule has 0 aliphatic rings. The molecule has 2 aromatic carbocycles. The molecular formula is C16H18F3NO. The van der Waals surface area contributed by atoms with Crippen molar-refractivity contribution in [2.24, 2.45) is 5.73 Å². The van der Waals surface area contributed by atoms with Crippen LogP contribution in [0.2, 0.25) is 0 Å². The van der Waals surface area contributed by atoms with E-state index in [-0.39, 0.29) is 11.2 Å². The van der Waals surface area contributed by atoms with Gasteiger partial charge in [-0.15, -0.1) is 0 Å². The maximum atomic E-state index is 12.7. The van der Waals surface area contributed by atoms with E-state index >= 15 is 0 Å². The van der Waals surface area contributed by atoms with Crippen molar-refractivity contribution in [1.29, 1.82) is 0 Å². The third-order valence-electron chi connectivity index (χ3n) is 2.97. The molecule has 114 valence electrons. The van der Waals surface area contributed by atoms with Gasteiger partial charge in [0.25, 0.3) is 0 Å². The lowest BCUT2D eigenvalue weighted by molar-refractivity contribution is -0.149. The van der Waals surface area contributed by atoms with E-state index in [0.717, 1.165) is 5.39 Å². The normalized spacial score (nSPS) is 14.2. The van der Waals surface area contributed by atoms with Crippen LogP contribution in [-0.2, 0) is 0 Å². The summed E-state index contributed by atoms with van der Waals surface area (Å²) in [6.07, 6.45) is -4.45. The van der Waals surface area contributed by atoms with Crippen LogP contribution in [0.4, 0.5) is 13.2 Å². The van der Waals surface area contributed by atoms with Crippen LogP contribution < -0.4 is 10.5 Å². The van der Waals surface area contributed by atoms with Gasteiger partial charge in [-0.25, -0.2) is 0 Å². The zero-order valence-corrected chi connectivity index (χ0v) is 12.2. The van der Waals surface area contributed by atoms with E-state index in [1.54, 1.807) is 18.2 Å². The molecule has 2 rings (SSSR count). The number of fused-ring (bicyclic) bond motifs is 1. The first-order valence-corrected chi connectivity index (χ1v) is 6.61. The number of alkyl halides is 3. The van der Waals surface area contributed by atoms with Crippen molar-refractivity contribution >= 4 is 10.8 Å². The summed E-state index contributed by atoms with van der Waals surface area (Å²) in [7, 11) is 0. The maximum absolute atomic E-state index is 12.7. The molecule has 0 spiro atoms. The molecule has 0 saturated heterocycles. The van der Waals surface area contributed by atoms with E-state index in [0.29, 0.717) is 11.1 Å². The average Bonchev–Trinajstić information content (AvgIpc) is 2.34. The Kier molecular flexibility index (Phi) is 3.89. The van der Waals surface area contributed by atoms with Crippen LogP contribution in [0.25, 0.3) is 10.8 Å². The molecule has 1 atom stereocenters. The van der Waals surface area contributed by atoms with Crippen LogP contribution in [0, 0.1) is 0 Å². The van der Waals surface area contributed by atoms with Gasteiger partial charge in [-0.2, -0.15) is 13.2 Å². The Morgan fingerprint density at radius 1 is 0.952 bits per heavy atom. The van der Waals surface area contributed by atoms with Crippen LogP contribution in [0.1, 0.15) is 32.4 Å². The molecule has 0 heterocycles. The predicted molar refractivity (Wildman–Crippen MR) is 77.3 cm³/mol. The van der Waals surface area contributed by atoms with Crippen molar-refractivity contribution in [3.63, 3.8) is 0 Å². The second-order valence-corrected chi connectivity index (χ2v) is 6.00. The minimum atomic E-state index is -4.45. The van der Waals surface area contributed by atoms with E-state index in [9.17, 15) is 13.2 Å². The molecular weight excluding hydrogens is 279 g/mol. The highest BCUT2D eigenvalue weighted by Gasteiger charge is 2.37. The standard InChI is InChI=1S/C16H18F3NO/c1-15(2,3)21-13-7-6-10-4-5-11(8-12(10)9-13)14(20)16(17,18)19/h4-9,14H,20H2,1-3H3/t14-/m0/s1. The van der Waals surface area contributed by atoms with Crippen molar-refractivity contribution in [2.75, 3.05) is 0 Å². The van der Waals surface area contributed by atoms with Crippen molar-refractivity contribution < 1.29 is 17.9 Å². The van der Waals surface area contributed by atoms with Crippen LogP contribution in [0.3, 0.4) is 0 Å². The second-order valence-electron chi connectivity index (χ2n) is 6.00. The van der Waals surface area contributed by atoms with E-state index in [4.69, 9.17) is 10.5 Å². The lowest BCUT2D eigenvalue weighted by Gasteiger charge is -2.21. The summed E-state index contributed by atoms with van der Waals surface area (Å²) in [4.78, 5) is 0. The average molecular weight is 297 g/mol. The molecule has 0 saturated carbocycles. The topological polar surface area (TPSA) is 35.2 Å². The summed E-state index contributed by atoms with van der Waals surface area (Å²) >= 11 is 0. The quantitative estimate of drug-likeness (QED) is 0.880. The number of benzene rings is 2. The van der Waals surface area contributed by atoms with Gasteiger partial charge in [-0.05, 0) is 55.3 Å². The summed E-state index contributed by atoms with van der Waals surface area (Å²) in [5.74, 6) is 0.618. The Morgan fingerprint density at radius 3 is 2.14 bits per heavy atom. The number of nitrogens with two attached hydrogens (primary N) is 1. The highest BCUT2D eigenvalue weighted by molar-refractivity contribution is 5.84. The molecule has 0 amide bonds. The summed E-state index contributed by atoms with van der Waals surface area (Å²) in [5, 5.41) is 1.52. The highest BCUT2D eigenvalue weighted by Crippen LogP contribution is 2.33. The largest absolute Gasteiger partial charge is 0.488 e. The fourth-order valence-electron chi connectivity index (χ4n) is 2.04. The Morgan fingerprint density at radius 2 is 1.57 bits per heavy atom. The van der Waals surface area contributed by atoms with E-state index in [2.05, 4.69) is 0 Å². The van der Waals surface area contributed by atoms with Crippen molar-refractivity contribution in [3.05, 3.63) is 42.0 Å². The third kappa shape index (κ3) is 3.88. The van der Waals surface area contributed by atoms with Crippen molar-refractivity contribution in [1.82, 2.24) is 0 Å². The minimum Gasteiger partial charge on any atom is -0.488 e. The van der Waals surface area contributed by atoms with Crippen LogP contribution >= 0.6 is 0 Å². The lowest BCUT2D eigenvalue weighted by Crippen LogP contribution is -2.28. The van der Waals surface area contributed by atoms with Gasteiger partial charge in [0.05, 0.1) is 0 Å². The first-order chi connectivity index (χ1) is 9.56. The minimum absolute atomic E-state index is 0.0444. The summed E-state index contributed by atoms with van der Waals surface area (Å²) in [5.41, 5.74) is 4.92. The Balaban J connectivity index is 2.41. The van der Waals surface area contributed by atoms with Gasteiger partial charge < -0.3 is 10.5 Å². The second kappa shape index (κ2) is 5.22. The molecule has 5 heteroatoms. The van der Waals surface area contributed by atoms with Crippen LogP contribution in [-0.4, -0.2) is 11.8 Å². The highest BCUT2D eigenvalue weighted by atomic mass is 19.4. The monoisotopic (exact) mass is 297 g/mol. The van der Waals surface area contributed by atoms with Gasteiger partial charge in [-0.3, -0.25) is 0 Å². The van der Waals surface area contributed by atoms with Crippen molar-refractivity contribution in [3.8, 4) is 5.75 Å². The maximum Gasteiger partial charge on any atom is 0.407 e. The SMILES string of the molecule is CC(C)(C)Oc1ccc2ccc([C@H](N)C(F)(F)F)cc2c1. The number of hydrogen-bond donors (Lipinski definition) is 1. The molecule has 21 heavy (non-hydrogen) atoms. The fourth-order valence-corrected chi connectivity index (χ4v) is 2.04. The third-order valence-corrected chi connectivity index (χ3v) is 2.97. The van der Waals surface area contributed by atoms with Gasteiger partial charge in [-0.1, -0.05) is 18.2 Å². The van der Waals surface area contributed by atoms with Crippen LogP contribution in [0.5, 0.6) is 5.75 Å². The summed E-state index contributed by atoms with van der Waals surface area (Å²) < 4.78 is 43.8. The zero-order valence-electron chi connectivity index (χ0n) is 12.2. The molecule has 0 aliphatic carbocycles. The smallest absolute Gasteiger partial charge is 0.407 e. The Labute approximate surface area is 121 Å². The number of ether oxygens (including phenoxy) is 1. The molecule has 0 aromatic heterocycles. The van der Waals surface area contributed by atoms with E-state index < -0.39 is 12.2 Å². The first-order valence-electron chi connectivity index (χ1n) is 6.61. The summed E-state index contributed by atoms with van der Waals surface area (Å²) in [6.45, 7) is 5.73. The molecule has 2 aromatic rings. The first kappa shape index (κ1) is 15.6. The number of rotatable bonds is 2. The zero-order chi connectivity index (χ0) is 15.8. The number of hydrogen-bond acceptors (Lipinski definition) is 2. The summed E-state index contributed by atoms with van der Waals surface area (Å²) in [6, 6.07) is 7.88. The molecule has 2 N–H and O–H groups in total. The Bertz CT molecular complexity index is 644. The molecule has 2 nitrogen and oxygen atoms in total. The molecule has 0 aliphatic heterocycles. The van der Waals surface area contributed by atoms with Crippen molar-refractivity contribution in [2.45, 2.75) is 38.6 Å². The van der Waals surface area contributed by atoms with Gasteiger partial charge >= 0.3 is 6.18 Å². The lowest BCUT2D eigenvalue weighted by atomic mass is 10.0. The molecule has 0 bridgehead atoms. The number of halogens is 3. The molecule has 0 fully saturated rings.